The number of carbonyl (C=O) groups excluding carboxylic acids is 1. The van der Waals surface area contributed by atoms with Crippen LogP contribution in [0.2, 0.25) is 0 Å². The van der Waals surface area contributed by atoms with E-state index in [9.17, 15) is 4.79 Å². The highest BCUT2D eigenvalue weighted by molar-refractivity contribution is 5.85. The van der Waals surface area contributed by atoms with Crippen molar-refractivity contribution in [2.45, 2.75) is 32.2 Å². The Morgan fingerprint density at radius 2 is 1.54 bits per heavy atom. The van der Waals surface area contributed by atoms with E-state index in [1.54, 1.807) is 0 Å². The lowest BCUT2D eigenvalue weighted by molar-refractivity contribution is -0.122. The average molecular weight is 347 g/mol. The number of halogens is 1. The number of nitrogens with one attached hydrogen (secondary N) is 1. The van der Waals surface area contributed by atoms with Gasteiger partial charge in [-0.3, -0.25) is 4.79 Å². The summed E-state index contributed by atoms with van der Waals surface area (Å²) in [5.41, 5.74) is 8.37. The summed E-state index contributed by atoms with van der Waals surface area (Å²) in [4.78, 5) is 12.3. The van der Waals surface area contributed by atoms with Crippen LogP contribution in [-0.4, -0.2) is 18.5 Å². The van der Waals surface area contributed by atoms with Gasteiger partial charge in [0.2, 0.25) is 5.91 Å². The molecule has 0 aliphatic heterocycles. The molecule has 24 heavy (non-hydrogen) atoms. The Morgan fingerprint density at radius 3 is 2.08 bits per heavy atom. The first kappa shape index (κ1) is 20.2. The summed E-state index contributed by atoms with van der Waals surface area (Å²) < 4.78 is 0. The van der Waals surface area contributed by atoms with E-state index in [0.29, 0.717) is 24.8 Å². The smallest absolute Gasteiger partial charge is 0.237 e. The predicted octanol–water partition coefficient (Wildman–Crippen LogP) is 3.53. The number of rotatable bonds is 7. The van der Waals surface area contributed by atoms with Crippen LogP contribution in [0.25, 0.3) is 0 Å². The van der Waals surface area contributed by atoms with Gasteiger partial charge >= 0.3 is 0 Å². The monoisotopic (exact) mass is 346 g/mol. The van der Waals surface area contributed by atoms with Crippen LogP contribution in [0, 0.1) is 5.92 Å². The maximum absolute atomic E-state index is 12.3. The highest BCUT2D eigenvalue weighted by Gasteiger charge is 2.19. The second kappa shape index (κ2) is 10.1. The third-order valence-electron chi connectivity index (χ3n) is 4.16. The second-order valence-corrected chi connectivity index (χ2v) is 6.30. The molecule has 0 saturated carbocycles. The van der Waals surface area contributed by atoms with Gasteiger partial charge in [-0.25, -0.2) is 0 Å². The molecule has 0 bridgehead atoms. The van der Waals surface area contributed by atoms with Crippen molar-refractivity contribution in [2.24, 2.45) is 11.7 Å². The fourth-order valence-electron chi connectivity index (χ4n) is 2.74. The Kier molecular flexibility index (Phi) is 8.51. The number of hydrogen-bond donors (Lipinski definition) is 2. The summed E-state index contributed by atoms with van der Waals surface area (Å²) in [6, 6.07) is 19.7. The van der Waals surface area contributed by atoms with E-state index >= 15 is 0 Å². The van der Waals surface area contributed by atoms with Crippen LogP contribution in [0.15, 0.2) is 60.7 Å². The molecule has 0 saturated heterocycles. The molecule has 0 aliphatic carbocycles. The molecule has 1 amide bonds. The molecule has 0 aromatic heterocycles. The van der Waals surface area contributed by atoms with Gasteiger partial charge in [0.15, 0.2) is 0 Å². The quantitative estimate of drug-likeness (QED) is 0.805. The molecule has 0 spiro atoms. The highest BCUT2D eigenvalue weighted by Crippen LogP contribution is 2.23. The summed E-state index contributed by atoms with van der Waals surface area (Å²) in [5, 5.41) is 3.02. The zero-order valence-corrected chi connectivity index (χ0v) is 15.1. The van der Waals surface area contributed by atoms with Gasteiger partial charge in [0, 0.05) is 12.5 Å². The van der Waals surface area contributed by atoms with Crippen LogP contribution in [-0.2, 0) is 11.2 Å². The molecule has 2 aromatic carbocycles. The van der Waals surface area contributed by atoms with Crippen LogP contribution in [0.4, 0.5) is 0 Å². The zero-order valence-electron chi connectivity index (χ0n) is 14.3. The lowest BCUT2D eigenvalue weighted by atomic mass is 9.88. The molecule has 0 radical (unpaired) electrons. The maximum Gasteiger partial charge on any atom is 0.237 e. The Bertz CT molecular complexity index is 602. The first-order chi connectivity index (χ1) is 11.1. The van der Waals surface area contributed by atoms with Crippen LogP contribution >= 0.6 is 12.4 Å². The third-order valence-corrected chi connectivity index (χ3v) is 4.16. The van der Waals surface area contributed by atoms with Crippen molar-refractivity contribution in [2.75, 3.05) is 6.54 Å². The number of hydrogen-bond acceptors (Lipinski definition) is 2. The average Bonchev–Trinajstić information content (AvgIpc) is 2.56. The second-order valence-electron chi connectivity index (χ2n) is 6.30. The van der Waals surface area contributed by atoms with Gasteiger partial charge in [0.25, 0.3) is 0 Å². The molecule has 0 fully saturated rings. The van der Waals surface area contributed by atoms with Crippen molar-refractivity contribution in [3.05, 3.63) is 71.8 Å². The van der Waals surface area contributed by atoms with Crippen molar-refractivity contribution in [3.63, 3.8) is 0 Å². The van der Waals surface area contributed by atoms with Crippen molar-refractivity contribution in [1.82, 2.24) is 5.32 Å². The van der Waals surface area contributed by atoms with E-state index < -0.39 is 6.04 Å². The van der Waals surface area contributed by atoms with Gasteiger partial charge in [0.1, 0.15) is 0 Å². The summed E-state index contributed by atoms with van der Waals surface area (Å²) >= 11 is 0. The minimum absolute atomic E-state index is 0. The largest absolute Gasteiger partial charge is 0.354 e. The molecule has 2 unspecified atom stereocenters. The molecular formula is C20H27ClN2O. The van der Waals surface area contributed by atoms with Crippen LogP contribution in [0.5, 0.6) is 0 Å². The standard InChI is InChI=1S/C20H26N2O.ClH/c1-15(2)18(17-11-7-4-8-12-17)14-22-20(23)19(21)13-16-9-5-3-6-10-16;/h3-12,15,18-19H,13-14,21H2,1-2H3,(H,22,23);1H. The normalized spacial score (nSPS) is 13.0. The van der Waals surface area contributed by atoms with Gasteiger partial charge in [0.05, 0.1) is 6.04 Å². The molecule has 2 aromatic rings. The lowest BCUT2D eigenvalue weighted by Crippen LogP contribution is -2.43. The summed E-state index contributed by atoms with van der Waals surface area (Å²) in [7, 11) is 0. The molecule has 0 heterocycles. The molecule has 4 heteroatoms. The van der Waals surface area contributed by atoms with Gasteiger partial charge in [-0.05, 0) is 23.5 Å². The van der Waals surface area contributed by atoms with Crippen LogP contribution < -0.4 is 11.1 Å². The van der Waals surface area contributed by atoms with E-state index in [0.717, 1.165) is 5.56 Å². The zero-order chi connectivity index (χ0) is 16.7. The van der Waals surface area contributed by atoms with E-state index in [-0.39, 0.29) is 18.3 Å². The third kappa shape index (κ3) is 5.99. The van der Waals surface area contributed by atoms with E-state index in [1.165, 1.54) is 5.56 Å². The van der Waals surface area contributed by atoms with E-state index in [4.69, 9.17) is 5.73 Å². The first-order valence-electron chi connectivity index (χ1n) is 8.20. The molecule has 0 aliphatic rings. The molecule has 130 valence electrons. The summed E-state index contributed by atoms with van der Waals surface area (Å²) in [5.74, 6) is 0.655. The first-order valence-corrected chi connectivity index (χ1v) is 8.20. The lowest BCUT2D eigenvalue weighted by Gasteiger charge is -2.23. The van der Waals surface area contributed by atoms with Gasteiger partial charge in [-0.1, -0.05) is 74.5 Å². The van der Waals surface area contributed by atoms with Gasteiger partial charge in [-0.15, -0.1) is 12.4 Å². The number of benzene rings is 2. The Labute approximate surface area is 151 Å². The van der Waals surface area contributed by atoms with Crippen LogP contribution in [0.3, 0.4) is 0 Å². The molecule has 3 nitrogen and oxygen atoms in total. The number of amides is 1. The molecule has 2 rings (SSSR count). The topological polar surface area (TPSA) is 55.1 Å². The summed E-state index contributed by atoms with van der Waals surface area (Å²) in [6.07, 6.45) is 0.560. The Morgan fingerprint density at radius 1 is 1.00 bits per heavy atom. The molecular weight excluding hydrogens is 320 g/mol. The summed E-state index contributed by atoms with van der Waals surface area (Å²) in [6.45, 7) is 4.96. The maximum atomic E-state index is 12.3. The van der Waals surface area contributed by atoms with E-state index in [2.05, 4.69) is 31.3 Å². The predicted molar refractivity (Wildman–Crippen MR) is 102 cm³/mol. The van der Waals surface area contributed by atoms with E-state index in [1.807, 2.05) is 48.5 Å². The van der Waals surface area contributed by atoms with Crippen molar-refractivity contribution in [1.29, 1.82) is 0 Å². The van der Waals surface area contributed by atoms with Gasteiger partial charge in [-0.2, -0.15) is 0 Å². The minimum atomic E-state index is -0.513. The SMILES string of the molecule is CC(C)C(CNC(=O)C(N)Cc1ccccc1)c1ccccc1.Cl. The fraction of sp³-hybridized carbons (Fsp3) is 0.350. The number of nitrogens with two attached hydrogens (primary N) is 1. The van der Waals surface area contributed by atoms with Crippen molar-refractivity contribution in [3.8, 4) is 0 Å². The Balaban J connectivity index is 0.00000288. The molecule has 3 N–H and O–H groups in total. The minimum Gasteiger partial charge on any atom is -0.354 e. The van der Waals surface area contributed by atoms with Crippen molar-refractivity contribution < 1.29 is 4.79 Å². The Hall–Kier alpha value is -1.84. The molecule has 2 atom stereocenters. The van der Waals surface area contributed by atoms with Gasteiger partial charge < -0.3 is 11.1 Å². The van der Waals surface area contributed by atoms with Crippen molar-refractivity contribution >= 4 is 18.3 Å². The fourth-order valence-corrected chi connectivity index (χ4v) is 2.74. The number of carbonyl (C=O) groups is 1. The van der Waals surface area contributed by atoms with Crippen LogP contribution in [0.1, 0.15) is 30.9 Å². The highest BCUT2D eigenvalue weighted by atomic mass is 35.5.